The van der Waals surface area contributed by atoms with Gasteiger partial charge in [0, 0.05) is 7.05 Å². The molecule has 3 aromatic rings. The van der Waals surface area contributed by atoms with Crippen LogP contribution in [0.1, 0.15) is 19.4 Å². The van der Waals surface area contributed by atoms with Gasteiger partial charge < -0.3 is 0 Å². The van der Waals surface area contributed by atoms with Crippen molar-refractivity contribution in [2.75, 3.05) is 11.6 Å². The summed E-state index contributed by atoms with van der Waals surface area (Å²) in [5.41, 5.74) is 2.10. The largest absolute Gasteiger partial charge is 0.332 e. The molecule has 0 saturated carbocycles. The number of hydrogen-bond donors (Lipinski definition) is 0. The summed E-state index contributed by atoms with van der Waals surface area (Å²) >= 11 is 0. The Labute approximate surface area is 165 Å². The number of aromatic nitrogens is 4. The van der Waals surface area contributed by atoms with Gasteiger partial charge in [0.05, 0.1) is 25.3 Å². The van der Waals surface area contributed by atoms with E-state index in [1.54, 1.807) is 28.8 Å². The van der Waals surface area contributed by atoms with Crippen molar-refractivity contribution in [2.24, 2.45) is 12.1 Å². The fourth-order valence-corrected chi connectivity index (χ4v) is 3.49. The third kappa shape index (κ3) is 3.18. The van der Waals surface area contributed by atoms with Crippen LogP contribution in [0.5, 0.6) is 0 Å². The Bertz CT molecular complexity index is 1280. The van der Waals surface area contributed by atoms with Crippen molar-refractivity contribution in [2.45, 2.75) is 26.9 Å². The Balaban J connectivity index is 1.92. The number of fused-ring (bicyclic) bond motifs is 3. The molecule has 9 heteroatoms. The van der Waals surface area contributed by atoms with Gasteiger partial charge in [0.25, 0.3) is 5.56 Å². The summed E-state index contributed by atoms with van der Waals surface area (Å²) < 4.78 is 17.5. The van der Waals surface area contributed by atoms with Crippen molar-refractivity contribution in [1.29, 1.82) is 0 Å². The molecule has 1 aliphatic heterocycles. The average Bonchev–Trinajstić information content (AvgIpc) is 3.04. The van der Waals surface area contributed by atoms with E-state index in [9.17, 15) is 14.0 Å². The van der Waals surface area contributed by atoms with Crippen LogP contribution >= 0.6 is 0 Å². The monoisotopic (exact) mass is 396 g/mol. The van der Waals surface area contributed by atoms with Crippen LogP contribution in [0.3, 0.4) is 0 Å². The van der Waals surface area contributed by atoms with Crippen molar-refractivity contribution in [3.63, 3.8) is 0 Å². The molecular formula is C20H21FN6O2. The first kappa shape index (κ1) is 18.9. The maximum absolute atomic E-state index is 13.3. The molecule has 0 N–H and O–H groups in total. The van der Waals surface area contributed by atoms with Crippen LogP contribution < -0.4 is 16.3 Å². The number of rotatable bonds is 4. The Morgan fingerprint density at radius 2 is 1.93 bits per heavy atom. The summed E-state index contributed by atoms with van der Waals surface area (Å²) in [5.74, 6) is 0.127. The molecule has 0 radical (unpaired) electrons. The van der Waals surface area contributed by atoms with Gasteiger partial charge in [-0.2, -0.15) is 10.1 Å². The van der Waals surface area contributed by atoms with Gasteiger partial charge in [-0.1, -0.05) is 24.3 Å². The highest BCUT2D eigenvalue weighted by atomic mass is 19.1. The average molecular weight is 396 g/mol. The molecule has 0 amide bonds. The van der Waals surface area contributed by atoms with E-state index in [0.29, 0.717) is 35.8 Å². The molecule has 3 heterocycles. The zero-order chi connectivity index (χ0) is 20.9. The molecule has 0 atom stereocenters. The number of benzene rings is 1. The van der Waals surface area contributed by atoms with Gasteiger partial charge in [-0.3, -0.25) is 18.5 Å². The number of aryl methyl sites for hydroxylation is 1. The molecule has 0 aliphatic carbocycles. The number of halogens is 1. The molecular weight excluding hydrogens is 375 g/mol. The van der Waals surface area contributed by atoms with Crippen LogP contribution in [0.15, 0.2) is 51.1 Å². The molecule has 0 unspecified atom stereocenters. The molecule has 1 aliphatic rings. The quantitative estimate of drug-likeness (QED) is 0.631. The second kappa shape index (κ2) is 6.84. The molecule has 4 rings (SSSR count). The summed E-state index contributed by atoms with van der Waals surface area (Å²) in [7, 11) is 1.58. The van der Waals surface area contributed by atoms with Crippen molar-refractivity contribution in [3.8, 4) is 0 Å². The van der Waals surface area contributed by atoms with Gasteiger partial charge in [0.1, 0.15) is 5.82 Å². The molecule has 0 bridgehead atoms. The molecule has 29 heavy (non-hydrogen) atoms. The van der Waals surface area contributed by atoms with Crippen LogP contribution in [0.2, 0.25) is 0 Å². The SMILES string of the molecule is C=C(C)CN1N=C(C)Cn2c1nc1c2c(=O)n(Cc2ccc(F)cc2)c(=O)n1C. The van der Waals surface area contributed by atoms with Crippen molar-refractivity contribution < 1.29 is 4.39 Å². The second-order valence-corrected chi connectivity index (χ2v) is 7.38. The van der Waals surface area contributed by atoms with Gasteiger partial charge in [-0.05, 0) is 31.5 Å². The smallest absolute Gasteiger partial charge is 0.297 e. The lowest BCUT2D eigenvalue weighted by Gasteiger charge is -2.24. The summed E-state index contributed by atoms with van der Waals surface area (Å²) in [6.07, 6.45) is 0. The first-order chi connectivity index (χ1) is 13.8. The number of hydrazone groups is 1. The molecule has 8 nitrogen and oxygen atoms in total. The molecule has 2 aromatic heterocycles. The summed E-state index contributed by atoms with van der Waals surface area (Å²) in [4.78, 5) is 30.7. The van der Waals surface area contributed by atoms with Crippen LogP contribution in [-0.4, -0.2) is 30.9 Å². The van der Waals surface area contributed by atoms with Crippen LogP contribution in [0.4, 0.5) is 10.3 Å². The molecule has 150 valence electrons. The van der Waals surface area contributed by atoms with Crippen molar-refractivity contribution in [3.05, 3.63) is 68.6 Å². The molecule has 0 spiro atoms. The van der Waals surface area contributed by atoms with Gasteiger partial charge in [0.15, 0.2) is 11.2 Å². The Morgan fingerprint density at radius 3 is 2.59 bits per heavy atom. The lowest BCUT2D eigenvalue weighted by molar-refractivity contribution is 0.623. The zero-order valence-corrected chi connectivity index (χ0v) is 16.5. The fraction of sp³-hybridized carbons (Fsp3) is 0.300. The van der Waals surface area contributed by atoms with Gasteiger partial charge in [-0.15, -0.1) is 0 Å². The van der Waals surface area contributed by atoms with E-state index >= 15 is 0 Å². The second-order valence-electron chi connectivity index (χ2n) is 7.38. The van der Waals surface area contributed by atoms with E-state index in [1.165, 1.54) is 16.7 Å². The van der Waals surface area contributed by atoms with Crippen molar-refractivity contribution in [1.82, 2.24) is 18.7 Å². The highest BCUT2D eigenvalue weighted by molar-refractivity contribution is 5.87. The predicted molar refractivity (Wildman–Crippen MR) is 110 cm³/mol. The Hall–Kier alpha value is -3.49. The lowest BCUT2D eigenvalue weighted by Crippen LogP contribution is -2.40. The van der Waals surface area contributed by atoms with Crippen LogP contribution in [-0.2, 0) is 20.1 Å². The molecule has 0 saturated heterocycles. The minimum atomic E-state index is -0.480. The highest BCUT2D eigenvalue weighted by Crippen LogP contribution is 2.24. The Kier molecular flexibility index (Phi) is 4.45. The minimum absolute atomic E-state index is 0.0464. The Morgan fingerprint density at radius 1 is 1.24 bits per heavy atom. The third-order valence-electron chi connectivity index (χ3n) is 4.80. The van der Waals surface area contributed by atoms with E-state index in [1.807, 2.05) is 13.8 Å². The maximum atomic E-state index is 13.3. The van der Waals surface area contributed by atoms with Crippen LogP contribution in [0, 0.1) is 5.82 Å². The first-order valence-corrected chi connectivity index (χ1v) is 9.16. The third-order valence-corrected chi connectivity index (χ3v) is 4.80. The number of hydrogen-bond acceptors (Lipinski definition) is 5. The normalized spacial score (nSPS) is 13.5. The van der Waals surface area contributed by atoms with Gasteiger partial charge in [0.2, 0.25) is 5.95 Å². The van der Waals surface area contributed by atoms with Crippen molar-refractivity contribution >= 4 is 22.8 Å². The first-order valence-electron chi connectivity index (χ1n) is 9.16. The molecule has 0 fully saturated rings. The zero-order valence-electron chi connectivity index (χ0n) is 16.5. The summed E-state index contributed by atoms with van der Waals surface area (Å²) in [6, 6.07) is 5.73. The standard InChI is InChI=1S/C20H21FN6O2/c1-12(2)9-27-19-22-17-16(25(19)10-13(3)23-27)18(28)26(20(29)24(17)4)11-14-5-7-15(21)8-6-14/h5-8H,1,9-11H2,2-4H3. The van der Waals surface area contributed by atoms with E-state index in [-0.39, 0.29) is 12.4 Å². The van der Waals surface area contributed by atoms with E-state index in [2.05, 4.69) is 16.7 Å². The fourth-order valence-electron chi connectivity index (χ4n) is 3.49. The van der Waals surface area contributed by atoms with E-state index in [4.69, 9.17) is 0 Å². The van der Waals surface area contributed by atoms with E-state index in [0.717, 1.165) is 15.9 Å². The van der Waals surface area contributed by atoms with Gasteiger partial charge in [-0.25, -0.2) is 14.2 Å². The maximum Gasteiger partial charge on any atom is 0.332 e. The van der Waals surface area contributed by atoms with Crippen LogP contribution in [0.25, 0.3) is 11.2 Å². The lowest BCUT2D eigenvalue weighted by atomic mass is 10.2. The minimum Gasteiger partial charge on any atom is -0.297 e. The summed E-state index contributed by atoms with van der Waals surface area (Å²) in [6.45, 7) is 8.59. The molecule has 1 aromatic carbocycles. The predicted octanol–water partition coefficient (Wildman–Crippen LogP) is 1.86. The number of imidazole rings is 1. The number of nitrogens with zero attached hydrogens (tertiary/aromatic N) is 6. The summed E-state index contributed by atoms with van der Waals surface area (Å²) in [5, 5.41) is 6.20. The highest BCUT2D eigenvalue weighted by Gasteiger charge is 2.26. The number of anilines is 1. The topological polar surface area (TPSA) is 77.4 Å². The van der Waals surface area contributed by atoms with E-state index < -0.39 is 11.2 Å². The van der Waals surface area contributed by atoms with Gasteiger partial charge >= 0.3 is 5.69 Å².